The first kappa shape index (κ1) is 13.1. The van der Waals surface area contributed by atoms with Crippen molar-refractivity contribution in [2.45, 2.75) is 13.8 Å². The Morgan fingerprint density at radius 3 is 2.21 bits per heavy atom. The number of ether oxygens (including phenoxy) is 1. The van der Waals surface area contributed by atoms with E-state index in [1.165, 1.54) is 18.6 Å². The Morgan fingerprint density at radius 2 is 1.63 bits per heavy atom. The first-order chi connectivity index (χ1) is 9.15. The first-order valence-corrected chi connectivity index (χ1v) is 6.17. The number of hydrogen-bond donors (Lipinski definition) is 0. The topological polar surface area (TPSA) is 26.3 Å². The third-order valence-corrected chi connectivity index (χ3v) is 2.64. The van der Waals surface area contributed by atoms with Gasteiger partial charge in [0.2, 0.25) is 0 Å². The molecule has 0 aliphatic rings. The maximum Gasteiger partial charge on any atom is 0.156 e. The molecule has 2 aromatic carbocycles. The predicted molar refractivity (Wildman–Crippen MR) is 76.9 cm³/mol. The molecule has 0 fully saturated rings. The largest absolute Gasteiger partial charge is 0.457 e. The Kier molecular flexibility index (Phi) is 4.14. The van der Waals surface area contributed by atoms with Crippen LogP contribution in [0.15, 0.2) is 60.7 Å². The molecule has 0 aromatic heterocycles. The lowest BCUT2D eigenvalue weighted by Gasteiger charge is -2.10. The van der Waals surface area contributed by atoms with Gasteiger partial charge in [0.05, 0.1) is 0 Å². The highest BCUT2D eigenvalue weighted by Gasteiger charge is 2.05. The number of allylic oxidation sites excluding steroid dienone is 1. The smallest absolute Gasteiger partial charge is 0.156 e. The number of rotatable bonds is 4. The minimum absolute atomic E-state index is 0.0361. The number of carbonyl (C=O) groups excluding carboxylic acids is 1. The first-order valence-electron chi connectivity index (χ1n) is 6.17. The van der Waals surface area contributed by atoms with Gasteiger partial charge in [-0.15, -0.1) is 0 Å². The van der Waals surface area contributed by atoms with Crippen LogP contribution in [-0.2, 0) is 4.79 Å². The van der Waals surface area contributed by atoms with Crippen molar-refractivity contribution in [1.82, 2.24) is 0 Å². The molecule has 0 aliphatic carbocycles. The van der Waals surface area contributed by atoms with Crippen LogP contribution in [0.3, 0.4) is 0 Å². The van der Waals surface area contributed by atoms with E-state index in [0.717, 1.165) is 11.3 Å². The molecule has 0 aliphatic heterocycles. The van der Waals surface area contributed by atoms with Crippen LogP contribution in [0.4, 0.5) is 0 Å². The van der Waals surface area contributed by atoms with Gasteiger partial charge in [-0.3, -0.25) is 4.79 Å². The highest BCUT2D eigenvalue weighted by atomic mass is 16.5. The van der Waals surface area contributed by atoms with E-state index in [0.29, 0.717) is 5.76 Å². The fourth-order valence-electron chi connectivity index (χ4n) is 1.69. The number of benzene rings is 2. The van der Waals surface area contributed by atoms with Crippen molar-refractivity contribution in [3.63, 3.8) is 0 Å². The van der Waals surface area contributed by atoms with Crippen LogP contribution in [0.1, 0.15) is 18.1 Å². The van der Waals surface area contributed by atoms with Gasteiger partial charge in [-0.25, -0.2) is 0 Å². The molecule has 0 unspecified atom stereocenters. The van der Waals surface area contributed by atoms with Crippen molar-refractivity contribution in [1.29, 1.82) is 0 Å². The van der Waals surface area contributed by atoms with Crippen molar-refractivity contribution in [2.75, 3.05) is 0 Å². The highest BCUT2D eigenvalue weighted by molar-refractivity contribution is 5.94. The summed E-state index contributed by atoms with van der Waals surface area (Å²) in [5.41, 5.74) is 2.06. The molecular formula is C17H16O2. The van der Waals surface area contributed by atoms with Crippen molar-refractivity contribution in [2.24, 2.45) is 0 Å². The number of carbonyl (C=O) groups is 1. The van der Waals surface area contributed by atoms with Gasteiger partial charge in [-0.05, 0) is 26.0 Å². The second-order valence-corrected chi connectivity index (χ2v) is 4.40. The molecule has 0 amide bonds. The van der Waals surface area contributed by atoms with Crippen LogP contribution in [0.25, 0.3) is 5.76 Å². The van der Waals surface area contributed by atoms with Crippen LogP contribution >= 0.6 is 0 Å². The molecule has 96 valence electrons. The average Bonchev–Trinajstić information content (AvgIpc) is 2.41. The predicted octanol–water partition coefficient (Wildman–Crippen LogP) is 4.00. The molecule has 0 saturated heterocycles. The van der Waals surface area contributed by atoms with E-state index in [2.05, 4.69) is 0 Å². The summed E-state index contributed by atoms with van der Waals surface area (Å²) in [6.45, 7) is 3.54. The molecule has 0 saturated carbocycles. The Bertz CT molecular complexity index is 580. The summed E-state index contributed by atoms with van der Waals surface area (Å²) in [4.78, 5) is 11.3. The molecule has 2 rings (SSSR count). The summed E-state index contributed by atoms with van der Waals surface area (Å²) in [6.07, 6.45) is 1.51. The van der Waals surface area contributed by atoms with Gasteiger partial charge < -0.3 is 4.74 Å². The molecule has 19 heavy (non-hydrogen) atoms. The molecule has 0 radical (unpaired) electrons. The standard InChI is InChI=1S/C17H16O2/c1-13-8-10-16(11-9-13)19-17(12-14(2)18)15-6-4-3-5-7-15/h3-12H,1-2H3/b17-12-. The van der Waals surface area contributed by atoms with Gasteiger partial charge in [0, 0.05) is 11.6 Å². The maximum absolute atomic E-state index is 11.3. The summed E-state index contributed by atoms with van der Waals surface area (Å²) < 4.78 is 5.81. The summed E-state index contributed by atoms with van der Waals surface area (Å²) in [5.74, 6) is 1.25. The second-order valence-electron chi connectivity index (χ2n) is 4.40. The SMILES string of the molecule is CC(=O)/C=C(\Oc1ccc(C)cc1)c1ccccc1. The van der Waals surface area contributed by atoms with Gasteiger partial charge in [0.1, 0.15) is 11.5 Å². The van der Waals surface area contributed by atoms with Crippen LogP contribution in [0, 0.1) is 6.92 Å². The van der Waals surface area contributed by atoms with Crippen molar-refractivity contribution in [3.05, 3.63) is 71.8 Å². The van der Waals surface area contributed by atoms with Gasteiger partial charge in [-0.2, -0.15) is 0 Å². The molecule has 0 spiro atoms. The van der Waals surface area contributed by atoms with Gasteiger partial charge in [-0.1, -0.05) is 48.0 Å². The zero-order valence-corrected chi connectivity index (χ0v) is 11.1. The molecule has 0 atom stereocenters. The molecule has 2 nitrogen and oxygen atoms in total. The third kappa shape index (κ3) is 3.81. The summed E-state index contributed by atoms with van der Waals surface area (Å²) >= 11 is 0. The van der Waals surface area contributed by atoms with E-state index >= 15 is 0 Å². The zero-order valence-electron chi connectivity index (χ0n) is 11.1. The van der Waals surface area contributed by atoms with Crippen molar-refractivity contribution in [3.8, 4) is 5.75 Å². The van der Waals surface area contributed by atoms with Crippen LogP contribution < -0.4 is 4.74 Å². The number of aryl methyl sites for hydroxylation is 1. The van der Waals surface area contributed by atoms with Crippen LogP contribution in [0.2, 0.25) is 0 Å². The summed E-state index contributed by atoms with van der Waals surface area (Å²) in [5, 5.41) is 0. The number of ketones is 1. The lowest BCUT2D eigenvalue weighted by Crippen LogP contribution is -1.98. The van der Waals surface area contributed by atoms with Gasteiger partial charge in [0.25, 0.3) is 0 Å². The monoisotopic (exact) mass is 252 g/mol. The molecule has 0 heterocycles. The van der Waals surface area contributed by atoms with Gasteiger partial charge in [0.15, 0.2) is 5.78 Å². The van der Waals surface area contributed by atoms with E-state index in [1.54, 1.807) is 0 Å². The average molecular weight is 252 g/mol. The fraction of sp³-hybridized carbons (Fsp3) is 0.118. The third-order valence-electron chi connectivity index (χ3n) is 2.64. The zero-order chi connectivity index (χ0) is 13.7. The van der Waals surface area contributed by atoms with Crippen LogP contribution in [0.5, 0.6) is 5.75 Å². The minimum atomic E-state index is -0.0361. The van der Waals surface area contributed by atoms with E-state index in [9.17, 15) is 4.79 Å². The molecular weight excluding hydrogens is 236 g/mol. The lowest BCUT2D eigenvalue weighted by atomic mass is 10.1. The van der Waals surface area contributed by atoms with E-state index in [4.69, 9.17) is 4.74 Å². The summed E-state index contributed by atoms with van der Waals surface area (Å²) in [7, 11) is 0. The Labute approximate surface area is 113 Å². The second kappa shape index (κ2) is 6.01. The van der Waals surface area contributed by atoms with Gasteiger partial charge >= 0.3 is 0 Å². The number of hydrogen-bond acceptors (Lipinski definition) is 2. The molecule has 2 heteroatoms. The Hall–Kier alpha value is -2.35. The van der Waals surface area contributed by atoms with E-state index in [-0.39, 0.29) is 5.78 Å². The van der Waals surface area contributed by atoms with E-state index < -0.39 is 0 Å². The minimum Gasteiger partial charge on any atom is -0.457 e. The summed E-state index contributed by atoms with van der Waals surface area (Å²) in [6, 6.07) is 17.4. The quantitative estimate of drug-likeness (QED) is 0.607. The van der Waals surface area contributed by atoms with Crippen molar-refractivity contribution >= 4 is 11.5 Å². The lowest BCUT2D eigenvalue weighted by molar-refractivity contribution is -0.112. The van der Waals surface area contributed by atoms with Crippen molar-refractivity contribution < 1.29 is 9.53 Å². The highest BCUT2D eigenvalue weighted by Crippen LogP contribution is 2.21. The molecule has 0 bridgehead atoms. The Morgan fingerprint density at radius 1 is 1.00 bits per heavy atom. The van der Waals surface area contributed by atoms with Crippen LogP contribution in [-0.4, -0.2) is 5.78 Å². The fourth-order valence-corrected chi connectivity index (χ4v) is 1.69. The molecule has 2 aromatic rings. The maximum atomic E-state index is 11.3. The Balaban J connectivity index is 2.30. The molecule has 0 N–H and O–H groups in total. The normalized spacial score (nSPS) is 11.2. The van der Waals surface area contributed by atoms with E-state index in [1.807, 2.05) is 61.5 Å².